The molecule has 0 saturated carbocycles. The van der Waals surface area contributed by atoms with E-state index in [1.165, 1.54) is 22.7 Å². The summed E-state index contributed by atoms with van der Waals surface area (Å²) in [7, 11) is 0. The molecule has 0 fully saturated rings. The van der Waals surface area contributed by atoms with E-state index in [4.69, 9.17) is 4.99 Å². The molecule has 1 aliphatic heterocycles. The van der Waals surface area contributed by atoms with Crippen LogP contribution in [0.25, 0.3) is 5.00 Å². The Labute approximate surface area is 177 Å². The summed E-state index contributed by atoms with van der Waals surface area (Å²) in [4.78, 5) is 9.85. The summed E-state index contributed by atoms with van der Waals surface area (Å²) in [5.41, 5.74) is 6.00. The fraction of sp³-hybridized carbons (Fsp3) is 0.182. The molecular formula is C22H19FN6S. The predicted octanol–water partition coefficient (Wildman–Crippen LogP) is 4.88. The highest BCUT2D eigenvalue weighted by molar-refractivity contribution is 7.15. The standard InChI is InChI=1S/C22H19FN6S/c1-12-13(2)30-22-20(12)21(25-11-19-28-27-14(3)29(19)22)15-4-6-16(7-5-15)26-17-8-9-18(23)24-10-17/h4-10,26H,11H2,1-3H3. The molecule has 30 heavy (non-hydrogen) atoms. The van der Waals surface area contributed by atoms with Gasteiger partial charge in [0.15, 0.2) is 5.82 Å². The molecule has 1 N–H and O–H groups in total. The lowest BCUT2D eigenvalue weighted by molar-refractivity contribution is 0.584. The van der Waals surface area contributed by atoms with Crippen LogP contribution in [0.5, 0.6) is 0 Å². The molecule has 5 rings (SSSR count). The zero-order chi connectivity index (χ0) is 20.8. The molecule has 0 saturated heterocycles. The van der Waals surface area contributed by atoms with Gasteiger partial charge in [0.1, 0.15) is 17.4 Å². The van der Waals surface area contributed by atoms with E-state index >= 15 is 0 Å². The number of nitrogens with zero attached hydrogens (tertiary/aromatic N) is 5. The summed E-state index contributed by atoms with van der Waals surface area (Å²) >= 11 is 1.75. The van der Waals surface area contributed by atoms with Crippen molar-refractivity contribution in [2.24, 2.45) is 4.99 Å². The van der Waals surface area contributed by atoms with E-state index in [0.717, 1.165) is 44.9 Å². The molecule has 150 valence electrons. The molecule has 0 spiro atoms. The summed E-state index contributed by atoms with van der Waals surface area (Å²) in [6.45, 7) is 6.73. The lowest BCUT2D eigenvalue weighted by atomic mass is 9.99. The fourth-order valence-corrected chi connectivity index (χ4v) is 4.84. The summed E-state index contributed by atoms with van der Waals surface area (Å²) in [6.07, 6.45) is 1.47. The van der Waals surface area contributed by atoms with Crippen LogP contribution in [0.3, 0.4) is 0 Å². The minimum Gasteiger partial charge on any atom is -0.354 e. The molecule has 1 aliphatic rings. The first-order chi connectivity index (χ1) is 14.5. The molecule has 0 bridgehead atoms. The van der Waals surface area contributed by atoms with Crippen LogP contribution in [0.2, 0.25) is 0 Å². The number of fused-ring (bicyclic) bond motifs is 3. The molecule has 4 heterocycles. The number of hydrogen-bond donors (Lipinski definition) is 1. The second-order valence-electron chi connectivity index (χ2n) is 7.20. The highest BCUT2D eigenvalue weighted by atomic mass is 32.1. The third-order valence-corrected chi connectivity index (χ3v) is 6.44. The normalized spacial score (nSPS) is 12.7. The fourth-order valence-electron chi connectivity index (χ4n) is 3.61. The van der Waals surface area contributed by atoms with Crippen molar-refractivity contribution in [3.05, 3.63) is 81.8 Å². The van der Waals surface area contributed by atoms with Gasteiger partial charge in [0.2, 0.25) is 5.95 Å². The highest BCUT2D eigenvalue weighted by Crippen LogP contribution is 2.36. The number of rotatable bonds is 3. The molecule has 1 aromatic carbocycles. The van der Waals surface area contributed by atoms with Crippen molar-refractivity contribution in [1.82, 2.24) is 19.7 Å². The molecule has 8 heteroatoms. The molecule has 0 unspecified atom stereocenters. The number of nitrogens with one attached hydrogen (secondary N) is 1. The molecule has 0 radical (unpaired) electrons. The quantitative estimate of drug-likeness (QED) is 0.482. The Morgan fingerprint density at radius 2 is 1.77 bits per heavy atom. The average Bonchev–Trinajstić information content (AvgIpc) is 3.19. The zero-order valence-electron chi connectivity index (χ0n) is 16.8. The maximum Gasteiger partial charge on any atom is 0.212 e. The van der Waals surface area contributed by atoms with Gasteiger partial charge in [-0.2, -0.15) is 4.39 Å². The Bertz CT molecular complexity index is 1270. The Balaban J connectivity index is 1.53. The van der Waals surface area contributed by atoms with E-state index in [1.807, 2.05) is 31.2 Å². The molecule has 6 nitrogen and oxygen atoms in total. The van der Waals surface area contributed by atoms with Crippen LogP contribution in [-0.4, -0.2) is 25.5 Å². The molecule has 0 atom stereocenters. The van der Waals surface area contributed by atoms with Gasteiger partial charge in [-0.05, 0) is 50.6 Å². The minimum atomic E-state index is -0.495. The van der Waals surface area contributed by atoms with Crippen molar-refractivity contribution < 1.29 is 4.39 Å². The number of halogens is 1. The number of thiophene rings is 1. The van der Waals surface area contributed by atoms with Crippen molar-refractivity contribution in [3.63, 3.8) is 0 Å². The first-order valence-corrected chi connectivity index (χ1v) is 10.4. The highest BCUT2D eigenvalue weighted by Gasteiger charge is 2.26. The zero-order valence-corrected chi connectivity index (χ0v) is 17.6. The Morgan fingerprint density at radius 3 is 2.50 bits per heavy atom. The second-order valence-corrected chi connectivity index (χ2v) is 8.40. The van der Waals surface area contributed by atoms with Crippen molar-refractivity contribution in [1.29, 1.82) is 0 Å². The van der Waals surface area contributed by atoms with Gasteiger partial charge in [-0.3, -0.25) is 9.56 Å². The molecule has 0 amide bonds. The third-order valence-electron chi connectivity index (χ3n) is 5.25. The number of aryl methyl sites for hydroxylation is 2. The van der Waals surface area contributed by atoms with Crippen LogP contribution >= 0.6 is 11.3 Å². The van der Waals surface area contributed by atoms with Gasteiger partial charge in [0, 0.05) is 21.7 Å². The Morgan fingerprint density at radius 1 is 1.00 bits per heavy atom. The van der Waals surface area contributed by atoms with Crippen LogP contribution in [0.4, 0.5) is 15.8 Å². The smallest absolute Gasteiger partial charge is 0.212 e. The Kier molecular flexibility index (Phi) is 4.43. The largest absolute Gasteiger partial charge is 0.354 e. The number of aromatic nitrogens is 4. The lowest BCUT2D eigenvalue weighted by Crippen LogP contribution is -2.07. The Hall–Kier alpha value is -3.39. The van der Waals surface area contributed by atoms with Crippen LogP contribution in [0.1, 0.15) is 33.2 Å². The SMILES string of the molecule is Cc1sc2c(c1C)C(c1ccc(Nc3ccc(F)nc3)cc1)=NCc1nnc(C)n1-2. The average molecular weight is 419 g/mol. The number of anilines is 2. The van der Waals surface area contributed by atoms with Crippen molar-refractivity contribution in [2.45, 2.75) is 27.3 Å². The van der Waals surface area contributed by atoms with Crippen LogP contribution in [-0.2, 0) is 6.54 Å². The predicted molar refractivity (Wildman–Crippen MR) is 117 cm³/mol. The first-order valence-electron chi connectivity index (χ1n) is 9.56. The number of aliphatic imine (C=N–C) groups is 1. The van der Waals surface area contributed by atoms with Gasteiger partial charge >= 0.3 is 0 Å². The van der Waals surface area contributed by atoms with Gasteiger partial charge in [-0.25, -0.2) is 4.98 Å². The maximum atomic E-state index is 13.0. The summed E-state index contributed by atoms with van der Waals surface area (Å²) in [6, 6.07) is 11.1. The van der Waals surface area contributed by atoms with Crippen LogP contribution in [0, 0.1) is 26.7 Å². The monoisotopic (exact) mass is 418 g/mol. The molecular weight excluding hydrogens is 399 g/mol. The summed E-state index contributed by atoms with van der Waals surface area (Å²) in [5, 5.41) is 12.9. The van der Waals surface area contributed by atoms with E-state index in [0.29, 0.717) is 6.54 Å². The van der Waals surface area contributed by atoms with Crippen LogP contribution < -0.4 is 5.32 Å². The number of pyridine rings is 1. The van der Waals surface area contributed by atoms with E-state index in [9.17, 15) is 4.39 Å². The van der Waals surface area contributed by atoms with Gasteiger partial charge in [0.05, 0.1) is 17.6 Å². The van der Waals surface area contributed by atoms with E-state index < -0.39 is 5.95 Å². The van der Waals surface area contributed by atoms with E-state index in [-0.39, 0.29) is 0 Å². The maximum absolute atomic E-state index is 13.0. The van der Waals surface area contributed by atoms with Gasteiger partial charge in [0.25, 0.3) is 0 Å². The topological polar surface area (TPSA) is 68.0 Å². The van der Waals surface area contributed by atoms with E-state index in [2.05, 4.69) is 38.9 Å². The van der Waals surface area contributed by atoms with E-state index in [1.54, 1.807) is 17.4 Å². The summed E-state index contributed by atoms with van der Waals surface area (Å²) in [5.74, 6) is 1.23. The number of benzene rings is 1. The third kappa shape index (κ3) is 3.09. The lowest BCUT2D eigenvalue weighted by Gasteiger charge is -2.11. The second kappa shape index (κ2) is 7.14. The summed E-state index contributed by atoms with van der Waals surface area (Å²) < 4.78 is 15.1. The number of hydrogen-bond acceptors (Lipinski definition) is 6. The van der Waals surface area contributed by atoms with Crippen LogP contribution in [0.15, 0.2) is 47.6 Å². The minimum absolute atomic E-state index is 0.483. The van der Waals surface area contributed by atoms with Gasteiger partial charge < -0.3 is 5.32 Å². The van der Waals surface area contributed by atoms with Crippen molar-refractivity contribution >= 4 is 28.4 Å². The van der Waals surface area contributed by atoms with Crippen molar-refractivity contribution in [3.8, 4) is 5.00 Å². The van der Waals surface area contributed by atoms with Gasteiger partial charge in [-0.15, -0.1) is 21.5 Å². The molecule has 0 aliphatic carbocycles. The first kappa shape index (κ1) is 18.6. The molecule has 4 aromatic rings. The van der Waals surface area contributed by atoms with Crippen molar-refractivity contribution in [2.75, 3.05) is 5.32 Å². The van der Waals surface area contributed by atoms with Gasteiger partial charge in [-0.1, -0.05) is 12.1 Å². The molecule has 3 aromatic heterocycles.